The van der Waals surface area contributed by atoms with Crippen LogP contribution in [-0.2, 0) is 18.4 Å². The smallest absolute Gasteiger partial charge is 0.114 e. The van der Waals surface area contributed by atoms with Gasteiger partial charge in [0.2, 0.25) is 0 Å². The molecule has 110 valence electrons. The number of nitrogens with two attached hydrogens (primary N) is 1. The van der Waals surface area contributed by atoms with Gasteiger partial charge in [-0.05, 0) is 25.8 Å². The first kappa shape index (κ1) is 15.1. The van der Waals surface area contributed by atoms with E-state index in [2.05, 4.69) is 41.4 Å². The third kappa shape index (κ3) is 4.11. The second kappa shape index (κ2) is 6.45. The number of aryl methyl sites for hydroxylation is 1. The normalized spacial score (nSPS) is 12.0. The highest BCUT2D eigenvalue weighted by atomic mass is 32.1. The highest BCUT2D eigenvalue weighted by Gasteiger charge is 2.17. The van der Waals surface area contributed by atoms with E-state index in [1.807, 2.05) is 10.9 Å². The largest absolute Gasteiger partial charge is 0.330 e. The summed E-state index contributed by atoms with van der Waals surface area (Å²) in [7, 11) is 0. The van der Waals surface area contributed by atoms with Crippen LogP contribution in [0.15, 0.2) is 11.6 Å². The number of thiazole rings is 1. The van der Waals surface area contributed by atoms with Crippen LogP contribution in [0.5, 0.6) is 0 Å². The lowest BCUT2D eigenvalue weighted by molar-refractivity contribution is 0.566. The van der Waals surface area contributed by atoms with E-state index in [1.54, 1.807) is 11.3 Å². The summed E-state index contributed by atoms with van der Waals surface area (Å²) in [4.78, 5) is 4.67. The van der Waals surface area contributed by atoms with Crippen molar-refractivity contribution in [2.24, 2.45) is 5.73 Å². The summed E-state index contributed by atoms with van der Waals surface area (Å²) in [5.74, 6) is 0. The van der Waals surface area contributed by atoms with E-state index < -0.39 is 0 Å². The van der Waals surface area contributed by atoms with E-state index in [0.29, 0.717) is 6.54 Å². The molecule has 5 nitrogen and oxygen atoms in total. The molecule has 0 aliphatic rings. The van der Waals surface area contributed by atoms with Gasteiger partial charge in [0.05, 0.1) is 17.9 Å². The van der Waals surface area contributed by atoms with E-state index in [4.69, 9.17) is 5.73 Å². The molecule has 0 atom stereocenters. The van der Waals surface area contributed by atoms with Crippen LogP contribution >= 0.6 is 11.3 Å². The maximum atomic E-state index is 5.49. The average Bonchev–Trinajstić information content (AvgIpc) is 2.99. The Morgan fingerprint density at radius 3 is 2.75 bits per heavy atom. The summed E-state index contributed by atoms with van der Waals surface area (Å²) < 4.78 is 1.86. The van der Waals surface area contributed by atoms with Gasteiger partial charge in [-0.25, -0.2) is 9.67 Å². The van der Waals surface area contributed by atoms with Gasteiger partial charge in [-0.1, -0.05) is 26.0 Å². The van der Waals surface area contributed by atoms with Gasteiger partial charge in [0.25, 0.3) is 0 Å². The first-order valence-corrected chi connectivity index (χ1v) is 7.91. The summed E-state index contributed by atoms with van der Waals surface area (Å²) in [5.41, 5.74) is 7.76. The van der Waals surface area contributed by atoms with E-state index in [1.165, 1.54) is 0 Å². The van der Waals surface area contributed by atoms with Crippen molar-refractivity contribution in [3.05, 3.63) is 28.0 Å². The van der Waals surface area contributed by atoms with E-state index in [0.717, 1.165) is 42.2 Å². The minimum Gasteiger partial charge on any atom is -0.330 e. The Balaban J connectivity index is 1.95. The number of nitrogens with zero attached hydrogens (tertiary/aromatic N) is 4. The molecule has 6 heteroatoms. The Hall–Kier alpha value is -1.27. The summed E-state index contributed by atoms with van der Waals surface area (Å²) in [6.45, 7) is 7.97. The molecule has 2 aromatic rings. The van der Waals surface area contributed by atoms with E-state index in [9.17, 15) is 0 Å². The third-order valence-electron chi connectivity index (χ3n) is 3.09. The Morgan fingerprint density at radius 1 is 1.30 bits per heavy atom. The van der Waals surface area contributed by atoms with Crippen molar-refractivity contribution in [1.29, 1.82) is 0 Å². The highest BCUT2D eigenvalue weighted by molar-refractivity contribution is 7.09. The second-order valence-electron chi connectivity index (χ2n) is 6.03. The lowest BCUT2D eigenvalue weighted by atomic mass is 9.93. The van der Waals surface area contributed by atoms with Crippen LogP contribution in [-0.4, -0.2) is 26.5 Å². The first-order valence-electron chi connectivity index (χ1n) is 7.03. The summed E-state index contributed by atoms with van der Waals surface area (Å²) >= 11 is 1.69. The fraction of sp³-hybridized carbons (Fsp3) is 0.643. The molecule has 0 aromatic carbocycles. The lowest BCUT2D eigenvalue weighted by Gasteiger charge is -2.14. The minimum atomic E-state index is 0.102. The minimum absolute atomic E-state index is 0.102. The summed E-state index contributed by atoms with van der Waals surface area (Å²) in [6.07, 6.45) is 5.06. The van der Waals surface area contributed by atoms with Gasteiger partial charge in [0.15, 0.2) is 0 Å². The molecule has 0 saturated heterocycles. The molecule has 0 bridgehead atoms. The van der Waals surface area contributed by atoms with Crippen molar-refractivity contribution >= 4 is 11.3 Å². The molecule has 0 aliphatic heterocycles. The van der Waals surface area contributed by atoms with Crippen molar-refractivity contribution < 1.29 is 0 Å². The maximum absolute atomic E-state index is 5.49. The molecule has 0 unspecified atom stereocenters. The molecule has 2 rings (SSSR count). The molecular formula is C14H23N5S. The van der Waals surface area contributed by atoms with Crippen LogP contribution in [0, 0.1) is 0 Å². The number of hydrogen-bond acceptors (Lipinski definition) is 5. The van der Waals surface area contributed by atoms with Crippen molar-refractivity contribution in [3.63, 3.8) is 0 Å². The molecular weight excluding hydrogens is 270 g/mol. The molecule has 0 aliphatic carbocycles. The third-order valence-corrected chi connectivity index (χ3v) is 3.92. The van der Waals surface area contributed by atoms with Gasteiger partial charge >= 0.3 is 0 Å². The molecule has 0 fully saturated rings. The van der Waals surface area contributed by atoms with Gasteiger partial charge in [0.1, 0.15) is 5.01 Å². The molecule has 2 aromatic heterocycles. The van der Waals surface area contributed by atoms with Crippen molar-refractivity contribution in [2.75, 3.05) is 6.54 Å². The predicted molar refractivity (Wildman–Crippen MR) is 81.9 cm³/mol. The van der Waals surface area contributed by atoms with Crippen LogP contribution in [0.2, 0.25) is 0 Å². The maximum Gasteiger partial charge on any atom is 0.114 e. The van der Waals surface area contributed by atoms with Crippen molar-refractivity contribution in [3.8, 4) is 0 Å². The van der Waals surface area contributed by atoms with Crippen LogP contribution in [0.4, 0.5) is 0 Å². The SMILES string of the molecule is CC(C)(C)c1csc(Cn2cc(CCCCN)nn2)n1. The van der Waals surface area contributed by atoms with E-state index >= 15 is 0 Å². The molecule has 2 N–H and O–H groups in total. The second-order valence-corrected chi connectivity index (χ2v) is 6.97. The summed E-state index contributed by atoms with van der Waals surface area (Å²) in [5, 5.41) is 11.6. The topological polar surface area (TPSA) is 69.6 Å². The van der Waals surface area contributed by atoms with Crippen LogP contribution in [0.25, 0.3) is 0 Å². The molecule has 0 amide bonds. The van der Waals surface area contributed by atoms with Crippen LogP contribution < -0.4 is 5.73 Å². The van der Waals surface area contributed by atoms with Crippen LogP contribution in [0.1, 0.15) is 50.0 Å². The molecule has 20 heavy (non-hydrogen) atoms. The predicted octanol–water partition coefficient (Wildman–Crippen LogP) is 2.36. The van der Waals surface area contributed by atoms with E-state index in [-0.39, 0.29) is 5.41 Å². The molecule has 0 saturated carbocycles. The van der Waals surface area contributed by atoms with Crippen molar-refractivity contribution in [2.45, 2.75) is 52.0 Å². The summed E-state index contributed by atoms with van der Waals surface area (Å²) in [6, 6.07) is 0. The average molecular weight is 293 g/mol. The standard InChI is InChI=1S/C14H23N5S/c1-14(2,3)12-10-20-13(16-12)9-19-8-11(17-18-19)6-4-5-7-15/h8,10H,4-7,9,15H2,1-3H3. The van der Waals surface area contributed by atoms with Gasteiger partial charge < -0.3 is 5.73 Å². The number of aromatic nitrogens is 4. The zero-order valence-electron chi connectivity index (χ0n) is 12.5. The number of hydrogen-bond donors (Lipinski definition) is 1. The first-order chi connectivity index (χ1) is 9.49. The van der Waals surface area contributed by atoms with Gasteiger partial charge in [-0.15, -0.1) is 16.4 Å². The molecule has 0 spiro atoms. The monoisotopic (exact) mass is 293 g/mol. The van der Waals surface area contributed by atoms with Gasteiger partial charge in [0, 0.05) is 17.0 Å². The Bertz CT molecular complexity index is 538. The zero-order valence-corrected chi connectivity index (χ0v) is 13.3. The Kier molecular flexibility index (Phi) is 4.88. The fourth-order valence-electron chi connectivity index (χ4n) is 1.85. The molecule has 0 radical (unpaired) electrons. The van der Waals surface area contributed by atoms with Crippen LogP contribution in [0.3, 0.4) is 0 Å². The Morgan fingerprint density at radius 2 is 2.10 bits per heavy atom. The quantitative estimate of drug-likeness (QED) is 0.830. The Labute approximate surface area is 124 Å². The zero-order chi connectivity index (χ0) is 14.6. The number of rotatable bonds is 6. The van der Waals surface area contributed by atoms with Crippen molar-refractivity contribution in [1.82, 2.24) is 20.0 Å². The molecule has 2 heterocycles. The number of unbranched alkanes of at least 4 members (excludes halogenated alkanes) is 1. The highest BCUT2D eigenvalue weighted by Crippen LogP contribution is 2.24. The lowest BCUT2D eigenvalue weighted by Crippen LogP contribution is -2.12. The fourth-order valence-corrected chi connectivity index (χ4v) is 2.86. The van der Waals surface area contributed by atoms with Gasteiger partial charge in [-0.3, -0.25) is 0 Å². The van der Waals surface area contributed by atoms with Gasteiger partial charge in [-0.2, -0.15) is 0 Å².